The van der Waals surface area contributed by atoms with Gasteiger partial charge in [-0.2, -0.15) is 5.10 Å². The minimum atomic E-state index is -4.04. The van der Waals surface area contributed by atoms with Gasteiger partial charge in [-0.25, -0.2) is 13.8 Å². The molecule has 0 spiro atoms. The molecule has 0 fully saturated rings. The summed E-state index contributed by atoms with van der Waals surface area (Å²) in [6.45, 7) is 9.27. The number of hydrogen-bond donors (Lipinski definition) is 1. The number of aryl methyl sites for hydroxylation is 2. The van der Waals surface area contributed by atoms with Gasteiger partial charge in [0.1, 0.15) is 6.54 Å². The first kappa shape index (κ1) is 27.4. The van der Waals surface area contributed by atoms with E-state index in [2.05, 4.69) is 36.5 Å². The Morgan fingerprint density at radius 1 is 1.00 bits per heavy atom. The van der Waals surface area contributed by atoms with E-state index in [-0.39, 0.29) is 10.3 Å². The van der Waals surface area contributed by atoms with E-state index in [9.17, 15) is 13.2 Å². The number of carbonyl (C=O) groups is 1. The van der Waals surface area contributed by atoms with Gasteiger partial charge in [0.15, 0.2) is 0 Å². The van der Waals surface area contributed by atoms with Crippen molar-refractivity contribution in [2.45, 2.75) is 51.3 Å². The largest absolute Gasteiger partial charge is 0.271 e. The molecule has 0 saturated heterocycles. The molecule has 0 aliphatic heterocycles. The van der Waals surface area contributed by atoms with Gasteiger partial charge in [0.25, 0.3) is 15.9 Å². The number of hydrogen-bond acceptors (Lipinski definition) is 4. The third-order valence-corrected chi connectivity index (χ3v) is 7.97. The lowest BCUT2D eigenvalue weighted by Crippen LogP contribution is -2.40. The van der Waals surface area contributed by atoms with Gasteiger partial charge in [0, 0.05) is 10.7 Å². The zero-order valence-electron chi connectivity index (χ0n) is 21.2. The summed E-state index contributed by atoms with van der Waals surface area (Å²) in [5.41, 5.74) is 6.18. The van der Waals surface area contributed by atoms with E-state index in [4.69, 9.17) is 11.6 Å². The molecule has 8 heteroatoms. The van der Waals surface area contributed by atoms with Crippen LogP contribution in [0, 0.1) is 13.8 Å². The van der Waals surface area contributed by atoms with Crippen molar-refractivity contribution in [1.82, 2.24) is 5.43 Å². The number of hydrazone groups is 1. The molecule has 0 aliphatic rings. The average molecular weight is 526 g/mol. The Labute approximate surface area is 219 Å². The Balaban J connectivity index is 1.84. The first-order chi connectivity index (χ1) is 16.9. The van der Waals surface area contributed by atoms with E-state index in [1.54, 1.807) is 37.3 Å². The summed E-state index contributed by atoms with van der Waals surface area (Å²) in [6, 6.07) is 21.5. The number of halogens is 1. The number of nitrogens with one attached hydrogen (secondary N) is 1. The maximum atomic E-state index is 13.6. The lowest BCUT2D eigenvalue weighted by molar-refractivity contribution is -0.119. The molecule has 0 radical (unpaired) electrons. The van der Waals surface area contributed by atoms with Crippen molar-refractivity contribution in [1.29, 1.82) is 0 Å². The SMILES string of the molecule is C/C(CC(C)(C)c1ccccc1)=N/NC(=O)CN(c1cc(Cl)ccc1C)S(=O)(=O)c1ccc(C)cc1. The molecule has 0 saturated carbocycles. The zero-order chi connectivity index (χ0) is 26.5. The molecule has 190 valence electrons. The Morgan fingerprint density at radius 3 is 2.28 bits per heavy atom. The van der Waals surface area contributed by atoms with E-state index in [1.165, 1.54) is 12.1 Å². The molecule has 0 bridgehead atoms. The Morgan fingerprint density at radius 2 is 1.64 bits per heavy atom. The fourth-order valence-electron chi connectivity index (χ4n) is 3.98. The zero-order valence-corrected chi connectivity index (χ0v) is 22.8. The predicted octanol–water partition coefficient (Wildman–Crippen LogP) is 6.01. The van der Waals surface area contributed by atoms with Crippen molar-refractivity contribution in [3.8, 4) is 0 Å². The molecule has 0 unspecified atom stereocenters. The third-order valence-electron chi connectivity index (χ3n) is 5.96. The molecule has 0 atom stereocenters. The predicted molar refractivity (Wildman–Crippen MR) is 147 cm³/mol. The van der Waals surface area contributed by atoms with Crippen LogP contribution in [-0.2, 0) is 20.2 Å². The molecule has 0 aromatic heterocycles. The normalized spacial score (nSPS) is 12.3. The summed E-state index contributed by atoms with van der Waals surface area (Å²) >= 11 is 6.19. The Hall–Kier alpha value is -3.16. The monoisotopic (exact) mass is 525 g/mol. The minimum absolute atomic E-state index is 0.0876. The summed E-state index contributed by atoms with van der Waals surface area (Å²) in [7, 11) is -4.04. The van der Waals surface area contributed by atoms with Gasteiger partial charge in [-0.3, -0.25) is 9.10 Å². The first-order valence-corrected chi connectivity index (χ1v) is 13.4. The smallest absolute Gasteiger partial charge is 0.264 e. The van der Waals surface area contributed by atoms with E-state index in [1.807, 2.05) is 32.0 Å². The number of rotatable bonds is 9. The lowest BCUT2D eigenvalue weighted by atomic mass is 9.80. The van der Waals surface area contributed by atoms with E-state index in [0.29, 0.717) is 22.7 Å². The van der Waals surface area contributed by atoms with Crippen LogP contribution in [0.5, 0.6) is 0 Å². The molecule has 3 rings (SSSR count). The average Bonchev–Trinajstić information content (AvgIpc) is 2.83. The van der Waals surface area contributed by atoms with Crippen molar-refractivity contribution in [2.24, 2.45) is 5.10 Å². The second-order valence-electron chi connectivity index (χ2n) is 9.56. The Bertz CT molecular complexity index is 1350. The van der Waals surface area contributed by atoms with Crippen LogP contribution in [0.25, 0.3) is 0 Å². The van der Waals surface area contributed by atoms with Gasteiger partial charge in [0.2, 0.25) is 0 Å². The lowest BCUT2D eigenvalue weighted by Gasteiger charge is -2.26. The van der Waals surface area contributed by atoms with Crippen LogP contribution in [0.4, 0.5) is 5.69 Å². The molecule has 0 aliphatic carbocycles. The van der Waals surface area contributed by atoms with Gasteiger partial charge >= 0.3 is 0 Å². The second-order valence-corrected chi connectivity index (χ2v) is 11.9. The van der Waals surface area contributed by atoms with E-state index < -0.39 is 22.5 Å². The number of nitrogens with zero attached hydrogens (tertiary/aromatic N) is 2. The molecule has 1 N–H and O–H groups in total. The molecule has 3 aromatic rings. The van der Waals surface area contributed by atoms with E-state index >= 15 is 0 Å². The summed E-state index contributed by atoms with van der Waals surface area (Å²) in [4.78, 5) is 13.0. The molecule has 3 aromatic carbocycles. The maximum absolute atomic E-state index is 13.6. The topological polar surface area (TPSA) is 78.8 Å². The van der Waals surface area contributed by atoms with Crippen molar-refractivity contribution in [2.75, 3.05) is 10.8 Å². The van der Waals surface area contributed by atoms with Crippen molar-refractivity contribution in [3.05, 3.63) is 94.5 Å². The van der Waals surface area contributed by atoms with Crippen LogP contribution in [0.1, 0.15) is 43.9 Å². The highest BCUT2D eigenvalue weighted by molar-refractivity contribution is 7.92. The van der Waals surface area contributed by atoms with Gasteiger partial charge in [-0.05, 0) is 68.0 Å². The number of sulfonamides is 1. The summed E-state index contributed by atoms with van der Waals surface area (Å²) in [5, 5.41) is 4.63. The standard InChI is InChI=1S/C28H32ClN3O3S/c1-20-11-15-25(16-12-20)36(34,35)32(26-17-24(29)14-13-21(26)2)19-27(33)31-30-22(3)18-28(4,5)23-9-7-6-8-10-23/h6-17H,18-19H2,1-5H3,(H,31,33)/b30-22-. The first-order valence-electron chi connectivity index (χ1n) is 11.6. The molecule has 1 amide bonds. The van der Waals surface area contributed by atoms with Crippen LogP contribution in [0.2, 0.25) is 5.02 Å². The van der Waals surface area contributed by atoms with Crippen molar-refractivity contribution >= 4 is 38.9 Å². The van der Waals surface area contributed by atoms with E-state index in [0.717, 1.165) is 21.1 Å². The third kappa shape index (κ3) is 6.74. The van der Waals surface area contributed by atoms with Crippen molar-refractivity contribution in [3.63, 3.8) is 0 Å². The van der Waals surface area contributed by atoms with Gasteiger partial charge < -0.3 is 0 Å². The molecule has 36 heavy (non-hydrogen) atoms. The molecule has 6 nitrogen and oxygen atoms in total. The summed E-state index contributed by atoms with van der Waals surface area (Å²) in [5.74, 6) is -0.554. The highest BCUT2D eigenvalue weighted by atomic mass is 35.5. The molecule has 0 heterocycles. The molecular weight excluding hydrogens is 494 g/mol. The minimum Gasteiger partial charge on any atom is -0.271 e. The van der Waals surface area contributed by atoms with Crippen LogP contribution in [-0.4, -0.2) is 26.6 Å². The van der Waals surface area contributed by atoms with Crippen LogP contribution in [0.3, 0.4) is 0 Å². The van der Waals surface area contributed by atoms with Gasteiger partial charge in [-0.1, -0.05) is 79.5 Å². The fourth-order valence-corrected chi connectivity index (χ4v) is 5.63. The summed E-state index contributed by atoms with van der Waals surface area (Å²) in [6.07, 6.45) is 0.621. The Kier molecular flexibility index (Phi) is 8.59. The summed E-state index contributed by atoms with van der Waals surface area (Å²) < 4.78 is 28.3. The van der Waals surface area contributed by atoms with Crippen LogP contribution in [0.15, 0.2) is 82.8 Å². The van der Waals surface area contributed by atoms with Gasteiger partial charge in [0.05, 0.1) is 10.6 Å². The fraction of sp³-hybridized carbons (Fsp3) is 0.286. The van der Waals surface area contributed by atoms with Gasteiger partial charge in [-0.15, -0.1) is 0 Å². The van der Waals surface area contributed by atoms with Crippen LogP contribution >= 0.6 is 11.6 Å². The maximum Gasteiger partial charge on any atom is 0.264 e. The number of carbonyl (C=O) groups excluding carboxylic acids is 1. The van der Waals surface area contributed by atoms with Crippen molar-refractivity contribution < 1.29 is 13.2 Å². The number of amides is 1. The quantitative estimate of drug-likeness (QED) is 0.274. The highest BCUT2D eigenvalue weighted by Crippen LogP contribution is 2.30. The molecular formula is C28H32ClN3O3S. The second kappa shape index (κ2) is 11.3. The highest BCUT2D eigenvalue weighted by Gasteiger charge is 2.29. The number of anilines is 1. The number of benzene rings is 3. The van der Waals surface area contributed by atoms with Crippen LogP contribution < -0.4 is 9.73 Å².